The largest absolute Gasteiger partial charge is 0.478 e. The summed E-state index contributed by atoms with van der Waals surface area (Å²) in [5.41, 5.74) is 0. The van der Waals surface area contributed by atoms with E-state index in [1.807, 2.05) is 0 Å². The van der Waals surface area contributed by atoms with Gasteiger partial charge in [0.1, 0.15) is 42.7 Å². The van der Waals surface area contributed by atoms with Crippen LogP contribution < -0.4 is 10.6 Å². The minimum absolute atomic E-state index is 0.523. The Morgan fingerprint density at radius 3 is 2.03 bits per heavy atom. The van der Waals surface area contributed by atoms with Crippen molar-refractivity contribution in [3.8, 4) is 0 Å². The molecule has 34 heavy (non-hydrogen) atoms. The number of carbonyl (C=O) groups excluding carboxylic acids is 2. The lowest BCUT2D eigenvalue weighted by molar-refractivity contribution is -0.336. The third-order valence-electron chi connectivity index (χ3n) is 5.32. The van der Waals surface area contributed by atoms with E-state index >= 15 is 0 Å². The highest BCUT2D eigenvalue weighted by Gasteiger charge is 2.51. The van der Waals surface area contributed by atoms with Crippen molar-refractivity contribution in [3.63, 3.8) is 0 Å². The van der Waals surface area contributed by atoms with Gasteiger partial charge < -0.3 is 60.2 Å². The number of aliphatic hydroxyl groups excluding tert-OH is 5. The van der Waals surface area contributed by atoms with Gasteiger partial charge in [-0.3, -0.25) is 9.59 Å². The number of hydrogen-bond donors (Lipinski definition) is 8. The number of carboxylic acid groups (broad SMARTS) is 1. The van der Waals surface area contributed by atoms with E-state index in [1.54, 1.807) is 0 Å². The molecule has 1 unspecified atom stereocenters. The first-order chi connectivity index (χ1) is 16.0. The molecule has 2 fully saturated rings. The fourth-order valence-electron chi connectivity index (χ4n) is 3.71. The number of nitrogens with one attached hydrogen (secondary N) is 2. The molecule has 2 amide bonds. The number of aliphatic hydroxyl groups is 5. The summed E-state index contributed by atoms with van der Waals surface area (Å²) < 4.78 is 21.7. The highest BCUT2D eigenvalue weighted by atomic mass is 16.7. The van der Waals surface area contributed by atoms with Gasteiger partial charge in [-0.05, 0) is 0 Å². The van der Waals surface area contributed by atoms with Crippen LogP contribution in [0.2, 0.25) is 0 Å². The summed E-state index contributed by atoms with van der Waals surface area (Å²) in [6.45, 7) is -0.220. The molecule has 194 valence electrons. The topological polar surface area (TPSA) is 234 Å². The van der Waals surface area contributed by atoms with Gasteiger partial charge in [0.25, 0.3) is 0 Å². The van der Waals surface area contributed by atoms with Crippen molar-refractivity contribution in [1.29, 1.82) is 0 Å². The molecule has 2 rings (SSSR count). The predicted octanol–water partition coefficient (Wildman–Crippen LogP) is -4.83. The molecule has 15 nitrogen and oxygen atoms in total. The summed E-state index contributed by atoms with van der Waals surface area (Å²) in [6.07, 6.45) is -10.5. The maximum atomic E-state index is 12.0. The van der Waals surface area contributed by atoms with E-state index in [0.29, 0.717) is 12.2 Å². The third-order valence-corrected chi connectivity index (χ3v) is 5.32. The monoisotopic (exact) mass is 494 g/mol. The maximum Gasteiger partial charge on any atom is 0.328 e. The molecule has 0 spiro atoms. The van der Waals surface area contributed by atoms with Gasteiger partial charge in [-0.2, -0.15) is 0 Å². The van der Waals surface area contributed by atoms with Gasteiger partial charge in [-0.25, -0.2) is 4.79 Å². The standard InChI is InChI=1S/C19H30N2O13/c1-7(24)20-13-15(29)17(9(6-23)33-18(13)31-2)34-19-16(30)12(14(28)8(5-22)32-19)21-10(25)3-4-11(26)27/h3-4,8-9,12-19,22-23,28-30H,5-6H2,1-2H3,(H,20,24)(H,21,25)(H,26,27)/b4-3+/t8-,9-,12+,13-,14+,15-,16-,17-,18?,19+/m1/s1. The Morgan fingerprint density at radius 2 is 1.50 bits per heavy atom. The van der Waals surface area contributed by atoms with E-state index < -0.39 is 92.3 Å². The van der Waals surface area contributed by atoms with E-state index in [-0.39, 0.29) is 0 Å². The fourth-order valence-corrected chi connectivity index (χ4v) is 3.71. The molecule has 8 N–H and O–H groups in total. The average Bonchev–Trinajstić information content (AvgIpc) is 2.79. The Hall–Kier alpha value is -2.21. The second-order valence-electron chi connectivity index (χ2n) is 7.69. The molecule has 2 saturated heterocycles. The molecule has 0 radical (unpaired) electrons. The van der Waals surface area contributed by atoms with E-state index in [2.05, 4.69) is 10.6 Å². The molecule has 0 saturated carbocycles. The molecule has 0 aromatic rings. The molecular formula is C19H30N2O13. The Balaban J connectivity index is 2.25. The number of hydrogen-bond acceptors (Lipinski definition) is 12. The summed E-state index contributed by atoms with van der Waals surface area (Å²) in [7, 11) is 1.26. The highest BCUT2D eigenvalue weighted by Crippen LogP contribution is 2.29. The minimum Gasteiger partial charge on any atom is -0.478 e. The Morgan fingerprint density at radius 1 is 0.882 bits per heavy atom. The van der Waals surface area contributed by atoms with Crippen LogP contribution in [0, 0.1) is 0 Å². The van der Waals surface area contributed by atoms with Gasteiger partial charge >= 0.3 is 5.97 Å². The fraction of sp³-hybridized carbons (Fsp3) is 0.737. The van der Waals surface area contributed by atoms with Gasteiger partial charge in [0.15, 0.2) is 12.6 Å². The van der Waals surface area contributed by atoms with Crippen LogP contribution in [-0.4, -0.2) is 130 Å². The number of aliphatic carboxylic acids is 1. The van der Waals surface area contributed by atoms with Crippen molar-refractivity contribution in [2.45, 2.75) is 68.2 Å². The lowest BCUT2D eigenvalue weighted by Crippen LogP contribution is -2.69. The van der Waals surface area contributed by atoms with Crippen LogP contribution in [0.5, 0.6) is 0 Å². The number of carbonyl (C=O) groups is 3. The first kappa shape index (κ1) is 28.0. The minimum atomic E-state index is -1.77. The molecular weight excluding hydrogens is 464 g/mol. The van der Waals surface area contributed by atoms with Crippen LogP contribution in [0.15, 0.2) is 12.2 Å². The van der Waals surface area contributed by atoms with E-state index in [0.717, 1.165) is 0 Å². The van der Waals surface area contributed by atoms with E-state index in [1.165, 1.54) is 14.0 Å². The second kappa shape index (κ2) is 12.5. The van der Waals surface area contributed by atoms with Crippen LogP contribution in [0.4, 0.5) is 0 Å². The van der Waals surface area contributed by atoms with E-state index in [4.69, 9.17) is 24.1 Å². The Labute approximate surface area is 193 Å². The zero-order valence-electron chi connectivity index (χ0n) is 18.4. The van der Waals surface area contributed by atoms with Crippen LogP contribution in [0.1, 0.15) is 6.92 Å². The van der Waals surface area contributed by atoms with Gasteiger partial charge in [0.2, 0.25) is 11.8 Å². The molecule has 10 atom stereocenters. The summed E-state index contributed by atoms with van der Waals surface area (Å²) in [5.74, 6) is -2.89. The van der Waals surface area contributed by atoms with Gasteiger partial charge in [0, 0.05) is 26.2 Å². The summed E-state index contributed by atoms with van der Waals surface area (Å²) in [4.78, 5) is 34.1. The number of methoxy groups -OCH3 is 1. The zero-order valence-corrected chi connectivity index (χ0v) is 18.4. The van der Waals surface area contributed by atoms with Crippen molar-refractivity contribution in [3.05, 3.63) is 12.2 Å². The van der Waals surface area contributed by atoms with Crippen LogP contribution in [0.3, 0.4) is 0 Å². The van der Waals surface area contributed by atoms with Gasteiger partial charge in [0.05, 0.1) is 19.3 Å². The highest BCUT2D eigenvalue weighted by molar-refractivity contribution is 5.94. The normalized spacial score (nSPS) is 38.4. The second-order valence-corrected chi connectivity index (χ2v) is 7.69. The first-order valence-electron chi connectivity index (χ1n) is 10.3. The van der Waals surface area contributed by atoms with E-state index in [9.17, 15) is 39.9 Å². The molecule has 2 aliphatic rings. The van der Waals surface area contributed by atoms with Gasteiger partial charge in [-0.1, -0.05) is 0 Å². The molecule has 2 heterocycles. The zero-order chi connectivity index (χ0) is 25.6. The molecule has 0 aliphatic carbocycles. The predicted molar refractivity (Wildman–Crippen MR) is 108 cm³/mol. The number of amides is 2. The molecule has 15 heteroatoms. The Kier molecular flexibility index (Phi) is 10.3. The smallest absolute Gasteiger partial charge is 0.328 e. The first-order valence-corrected chi connectivity index (χ1v) is 10.3. The lowest BCUT2D eigenvalue weighted by atomic mass is 9.94. The average molecular weight is 494 g/mol. The number of rotatable bonds is 9. The van der Waals surface area contributed by atoms with Gasteiger partial charge in [-0.15, -0.1) is 0 Å². The quantitative estimate of drug-likeness (QED) is 0.141. The summed E-state index contributed by atoms with van der Waals surface area (Å²) in [5, 5.41) is 64.5. The van der Waals surface area contributed by atoms with Crippen molar-refractivity contribution < 1.29 is 64.0 Å². The molecule has 0 aromatic carbocycles. The van der Waals surface area contributed by atoms with Crippen molar-refractivity contribution >= 4 is 17.8 Å². The Bertz CT molecular complexity index is 750. The van der Waals surface area contributed by atoms with Crippen molar-refractivity contribution in [2.24, 2.45) is 0 Å². The molecule has 0 aromatic heterocycles. The van der Waals surface area contributed by atoms with Crippen LogP contribution in [0.25, 0.3) is 0 Å². The van der Waals surface area contributed by atoms with Crippen LogP contribution in [-0.2, 0) is 33.3 Å². The van der Waals surface area contributed by atoms with Crippen LogP contribution >= 0.6 is 0 Å². The lowest BCUT2D eigenvalue weighted by Gasteiger charge is -2.47. The molecule has 2 aliphatic heterocycles. The number of ether oxygens (including phenoxy) is 4. The van der Waals surface area contributed by atoms with Crippen molar-refractivity contribution in [2.75, 3.05) is 20.3 Å². The van der Waals surface area contributed by atoms with Crippen molar-refractivity contribution in [1.82, 2.24) is 10.6 Å². The SMILES string of the molecule is COC1O[C@H](CO)[C@@H](O[C@@H]2O[C@H](CO)[C@H](O)[C@H](NC(=O)/C=C/C(=O)O)[C@H]2O)[C@H](O)[C@H]1NC(C)=O. The summed E-state index contributed by atoms with van der Waals surface area (Å²) >= 11 is 0. The summed E-state index contributed by atoms with van der Waals surface area (Å²) in [6, 6.07) is -2.61. The molecule has 0 bridgehead atoms. The maximum absolute atomic E-state index is 12.0. The third kappa shape index (κ3) is 6.68. The number of carboxylic acids is 1.